The maximum atomic E-state index is 12.9. The molecule has 184 valence electrons. The van der Waals surface area contributed by atoms with Crippen LogP contribution >= 0.6 is 11.6 Å². The standard InChI is InChI=1S/C23H17ClF5N3O3/c1-22(25,26)35-10-9-34-18-7-6-15(21-30-13-19(32-21)23(27,28)29)12-17(18)31-20(33)8-5-14-3-2-4-16(24)11-14/h2-4,6-7,11-13H,9-10H2,1H3,(H,30,32)(H,31,33). The van der Waals surface area contributed by atoms with Crippen LogP contribution in [0, 0.1) is 11.8 Å². The summed E-state index contributed by atoms with van der Waals surface area (Å²) in [6.07, 6.45) is -7.34. The molecule has 1 aromatic heterocycles. The number of anilines is 1. The molecular weight excluding hydrogens is 497 g/mol. The molecule has 2 N–H and O–H groups in total. The van der Waals surface area contributed by atoms with Gasteiger partial charge in [-0.2, -0.15) is 22.0 Å². The molecule has 0 fully saturated rings. The lowest BCUT2D eigenvalue weighted by molar-refractivity contribution is -0.226. The highest BCUT2D eigenvalue weighted by Gasteiger charge is 2.33. The van der Waals surface area contributed by atoms with Gasteiger partial charge in [-0.15, -0.1) is 0 Å². The van der Waals surface area contributed by atoms with Gasteiger partial charge in [-0.3, -0.25) is 4.79 Å². The Bertz CT molecular complexity index is 1260. The number of hydrogen-bond donors (Lipinski definition) is 2. The molecule has 0 spiro atoms. The number of carbonyl (C=O) groups is 1. The van der Waals surface area contributed by atoms with E-state index in [9.17, 15) is 26.7 Å². The Morgan fingerprint density at radius 3 is 2.57 bits per heavy atom. The van der Waals surface area contributed by atoms with Gasteiger partial charge >= 0.3 is 18.2 Å². The van der Waals surface area contributed by atoms with Gasteiger partial charge in [0.15, 0.2) is 0 Å². The van der Waals surface area contributed by atoms with Gasteiger partial charge in [0, 0.05) is 29.0 Å². The number of rotatable bonds is 7. The van der Waals surface area contributed by atoms with Crippen molar-refractivity contribution >= 4 is 23.2 Å². The van der Waals surface area contributed by atoms with Crippen LogP contribution in [-0.2, 0) is 15.7 Å². The third-order valence-electron chi connectivity index (χ3n) is 4.22. The van der Waals surface area contributed by atoms with Gasteiger partial charge in [0.05, 0.1) is 18.5 Å². The quantitative estimate of drug-likeness (QED) is 0.240. The maximum absolute atomic E-state index is 12.9. The summed E-state index contributed by atoms with van der Waals surface area (Å²) in [7, 11) is 0. The summed E-state index contributed by atoms with van der Waals surface area (Å²) >= 11 is 5.88. The summed E-state index contributed by atoms with van der Waals surface area (Å²) in [5, 5.41) is 2.90. The molecule has 0 unspecified atom stereocenters. The van der Waals surface area contributed by atoms with Gasteiger partial charge in [-0.1, -0.05) is 23.6 Å². The number of carbonyl (C=O) groups excluding carboxylic acids is 1. The van der Waals surface area contributed by atoms with E-state index < -0.39 is 30.5 Å². The highest BCUT2D eigenvalue weighted by Crippen LogP contribution is 2.33. The normalized spacial score (nSPS) is 11.5. The van der Waals surface area contributed by atoms with E-state index in [-0.39, 0.29) is 29.4 Å². The molecule has 3 aromatic rings. The minimum absolute atomic E-state index is 0.0288. The highest BCUT2D eigenvalue weighted by molar-refractivity contribution is 6.30. The van der Waals surface area contributed by atoms with Gasteiger partial charge in [0.2, 0.25) is 0 Å². The summed E-state index contributed by atoms with van der Waals surface area (Å²) in [5.74, 6) is 4.16. The summed E-state index contributed by atoms with van der Waals surface area (Å²) in [6.45, 7) is -0.177. The third kappa shape index (κ3) is 7.98. The minimum Gasteiger partial charge on any atom is -0.489 e. The van der Waals surface area contributed by atoms with E-state index >= 15 is 0 Å². The number of alkyl halides is 5. The fourth-order valence-corrected chi connectivity index (χ4v) is 2.92. The number of amides is 1. The van der Waals surface area contributed by atoms with Gasteiger partial charge in [-0.05, 0) is 36.4 Å². The number of H-pyrrole nitrogens is 1. The van der Waals surface area contributed by atoms with Crippen molar-refractivity contribution in [3.8, 4) is 29.0 Å². The largest absolute Gasteiger partial charge is 0.489 e. The summed E-state index contributed by atoms with van der Waals surface area (Å²) in [5.41, 5.74) is -0.349. The maximum Gasteiger partial charge on any atom is 0.432 e. The first-order chi connectivity index (χ1) is 16.4. The smallest absolute Gasteiger partial charge is 0.432 e. The lowest BCUT2D eigenvalue weighted by Crippen LogP contribution is -2.20. The number of aromatic nitrogens is 2. The highest BCUT2D eigenvalue weighted by atomic mass is 35.5. The molecule has 0 saturated carbocycles. The molecule has 0 bridgehead atoms. The van der Waals surface area contributed by atoms with Crippen molar-refractivity contribution in [2.45, 2.75) is 19.2 Å². The van der Waals surface area contributed by atoms with E-state index in [1.54, 1.807) is 24.3 Å². The van der Waals surface area contributed by atoms with E-state index in [1.165, 1.54) is 18.2 Å². The molecule has 0 aliphatic rings. The molecule has 6 nitrogen and oxygen atoms in total. The third-order valence-corrected chi connectivity index (χ3v) is 4.46. The van der Waals surface area contributed by atoms with Gasteiger partial charge < -0.3 is 19.8 Å². The van der Waals surface area contributed by atoms with Crippen molar-refractivity contribution in [3.05, 3.63) is 64.9 Å². The van der Waals surface area contributed by atoms with Crippen LogP contribution in [0.25, 0.3) is 11.4 Å². The van der Waals surface area contributed by atoms with E-state index in [1.807, 2.05) is 0 Å². The van der Waals surface area contributed by atoms with Crippen LogP contribution in [0.3, 0.4) is 0 Å². The molecule has 1 heterocycles. The Kier molecular flexibility index (Phi) is 7.99. The van der Waals surface area contributed by atoms with Crippen molar-refractivity contribution in [2.75, 3.05) is 18.5 Å². The minimum atomic E-state index is -4.62. The predicted octanol–water partition coefficient (Wildman–Crippen LogP) is 5.75. The fraction of sp³-hybridized carbons (Fsp3) is 0.217. The molecule has 0 aliphatic carbocycles. The van der Waals surface area contributed by atoms with Crippen molar-refractivity contribution in [3.63, 3.8) is 0 Å². The molecule has 0 aliphatic heterocycles. The average molecular weight is 514 g/mol. The van der Waals surface area contributed by atoms with E-state index in [2.05, 4.69) is 31.9 Å². The van der Waals surface area contributed by atoms with Crippen LogP contribution in [0.2, 0.25) is 5.02 Å². The molecule has 35 heavy (non-hydrogen) atoms. The monoisotopic (exact) mass is 513 g/mol. The van der Waals surface area contributed by atoms with Crippen LogP contribution in [0.1, 0.15) is 18.2 Å². The SMILES string of the molecule is CC(F)(F)OCCOc1ccc(-c2ncc(C(F)(F)F)[nH]2)cc1NC(=O)C#Cc1cccc(Cl)c1. The average Bonchev–Trinajstić information content (AvgIpc) is 3.26. The molecular formula is C23H17ClF5N3O3. The van der Waals surface area contributed by atoms with E-state index in [0.717, 1.165) is 0 Å². The molecule has 2 aromatic carbocycles. The Morgan fingerprint density at radius 2 is 1.91 bits per heavy atom. The molecule has 0 saturated heterocycles. The molecule has 1 amide bonds. The number of nitrogens with one attached hydrogen (secondary N) is 2. The lowest BCUT2D eigenvalue weighted by Gasteiger charge is -2.15. The van der Waals surface area contributed by atoms with Crippen LogP contribution in [0.15, 0.2) is 48.7 Å². The second-order valence-electron chi connectivity index (χ2n) is 7.07. The van der Waals surface area contributed by atoms with Gasteiger partial charge in [0.1, 0.15) is 23.9 Å². The Morgan fingerprint density at radius 1 is 1.14 bits per heavy atom. The first-order valence-corrected chi connectivity index (χ1v) is 10.3. The summed E-state index contributed by atoms with van der Waals surface area (Å²) < 4.78 is 74.1. The van der Waals surface area contributed by atoms with Crippen LogP contribution in [-0.4, -0.2) is 35.2 Å². The van der Waals surface area contributed by atoms with E-state index in [0.29, 0.717) is 23.7 Å². The summed E-state index contributed by atoms with van der Waals surface area (Å²) in [4.78, 5) is 18.3. The zero-order chi connectivity index (χ0) is 25.6. The number of nitrogens with zero attached hydrogens (tertiary/aromatic N) is 1. The van der Waals surface area contributed by atoms with Gasteiger partial charge in [-0.25, -0.2) is 4.98 Å². The second kappa shape index (κ2) is 10.8. The zero-order valence-electron chi connectivity index (χ0n) is 18.0. The zero-order valence-corrected chi connectivity index (χ0v) is 18.7. The number of imidazole rings is 1. The predicted molar refractivity (Wildman–Crippen MR) is 118 cm³/mol. The van der Waals surface area contributed by atoms with Gasteiger partial charge in [0.25, 0.3) is 0 Å². The number of ether oxygens (including phenoxy) is 2. The molecule has 0 atom stereocenters. The molecule has 12 heteroatoms. The Balaban J connectivity index is 1.83. The lowest BCUT2D eigenvalue weighted by atomic mass is 10.1. The van der Waals surface area contributed by atoms with Crippen molar-refractivity contribution in [1.29, 1.82) is 0 Å². The first kappa shape index (κ1) is 26.0. The van der Waals surface area contributed by atoms with Crippen LogP contribution < -0.4 is 10.1 Å². The molecule has 3 rings (SSSR count). The number of aromatic amines is 1. The van der Waals surface area contributed by atoms with E-state index in [4.69, 9.17) is 16.3 Å². The Labute approximate surface area is 201 Å². The number of benzene rings is 2. The fourth-order valence-electron chi connectivity index (χ4n) is 2.73. The molecule has 0 radical (unpaired) electrons. The number of hydrogen-bond acceptors (Lipinski definition) is 4. The number of halogens is 6. The Hall–Kier alpha value is -3.62. The topological polar surface area (TPSA) is 76.2 Å². The van der Waals surface area contributed by atoms with Crippen LogP contribution in [0.4, 0.5) is 27.6 Å². The first-order valence-electron chi connectivity index (χ1n) is 9.90. The van der Waals surface area contributed by atoms with Crippen molar-refractivity contribution in [2.24, 2.45) is 0 Å². The van der Waals surface area contributed by atoms with Crippen LogP contribution in [0.5, 0.6) is 5.75 Å². The summed E-state index contributed by atoms with van der Waals surface area (Å²) in [6, 6.07) is 10.5. The second-order valence-corrected chi connectivity index (χ2v) is 7.51. The van der Waals surface area contributed by atoms with Crippen molar-refractivity contribution < 1.29 is 36.2 Å². The van der Waals surface area contributed by atoms with Crippen molar-refractivity contribution in [1.82, 2.24) is 9.97 Å².